The van der Waals surface area contributed by atoms with E-state index in [-0.39, 0.29) is 48.2 Å². The molecule has 0 unspecified atom stereocenters. The van der Waals surface area contributed by atoms with E-state index in [4.69, 9.17) is 16.3 Å². The van der Waals surface area contributed by atoms with Crippen molar-refractivity contribution in [1.82, 2.24) is 14.9 Å². The number of alkyl halides is 3. The Hall–Kier alpha value is -4.77. The molecule has 1 atom stereocenters. The molecule has 0 radical (unpaired) electrons. The lowest BCUT2D eigenvalue weighted by Crippen LogP contribution is -2.45. The molecule has 0 aliphatic carbocycles. The third-order valence-electron chi connectivity index (χ3n) is 7.00. The first-order chi connectivity index (χ1) is 20.5. The van der Waals surface area contributed by atoms with Crippen molar-refractivity contribution in [1.29, 1.82) is 0 Å². The van der Waals surface area contributed by atoms with Crippen LogP contribution in [0, 0.1) is 0 Å². The van der Waals surface area contributed by atoms with Crippen LogP contribution in [0.4, 0.5) is 19.0 Å². The number of fused-ring (bicyclic) bond motifs is 1. The van der Waals surface area contributed by atoms with Crippen LogP contribution >= 0.6 is 11.6 Å². The standard InChI is InChI=1S/C31H24ClF3N4O4/c1-43-27-12-18(5-8-24(27)29(41)38-28-10-6-20(16-37-28)31(33,34)35)17-39-25(15-22-4-2-3-11-36-22)26(40)14-19-13-21(32)7-9-23(19)30(39)42/h2-13,16,25H,14-15,17H2,1H3,(H,37,38,41)/t25-/m1/s1. The van der Waals surface area contributed by atoms with Crippen molar-refractivity contribution in [3.63, 3.8) is 0 Å². The predicted octanol–water partition coefficient (Wildman–Crippen LogP) is 5.79. The smallest absolute Gasteiger partial charge is 0.417 e. The average Bonchev–Trinajstić information content (AvgIpc) is 3.07. The molecule has 8 nitrogen and oxygen atoms in total. The monoisotopic (exact) mass is 608 g/mol. The second-order valence-electron chi connectivity index (χ2n) is 9.84. The number of hydrogen-bond acceptors (Lipinski definition) is 6. The molecule has 43 heavy (non-hydrogen) atoms. The second kappa shape index (κ2) is 12.2. The van der Waals surface area contributed by atoms with Gasteiger partial charge >= 0.3 is 6.18 Å². The van der Waals surface area contributed by atoms with Crippen LogP contribution < -0.4 is 10.1 Å². The molecule has 0 saturated heterocycles. The first-order valence-corrected chi connectivity index (χ1v) is 13.4. The number of nitrogens with zero attached hydrogens (tertiary/aromatic N) is 3. The Kier molecular flexibility index (Phi) is 8.45. The Balaban J connectivity index is 1.43. The summed E-state index contributed by atoms with van der Waals surface area (Å²) in [4.78, 5) is 49.9. The van der Waals surface area contributed by atoms with E-state index in [0.717, 1.165) is 12.1 Å². The summed E-state index contributed by atoms with van der Waals surface area (Å²) in [6.07, 6.45) is -2.09. The number of carbonyl (C=O) groups excluding carboxylic acids is 3. The molecule has 2 amide bonds. The molecular formula is C31H24ClF3N4O4. The van der Waals surface area contributed by atoms with Crippen molar-refractivity contribution in [3.8, 4) is 5.75 Å². The van der Waals surface area contributed by atoms with Gasteiger partial charge in [-0.25, -0.2) is 4.98 Å². The topological polar surface area (TPSA) is 101 Å². The predicted molar refractivity (Wildman–Crippen MR) is 152 cm³/mol. The SMILES string of the molecule is COc1cc(CN2C(=O)c3ccc(Cl)cc3CC(=O)[C@H]2Cc2ccccn2)ccc1C(=O)Nc1ccc(C(F)(F)F)cn1. The fourth-order valence-corrected chi connectivity index (χ4v) is 5.05. The number of ether oxygens (including phenoxy) is 1. The summed E-state index contributed by atoms with van der Waals surface area (Å²) in [5, 5.41) is 2.88. The van der Waals surface area contributed by atoms with Crippen LogP contribution in [0.2, 0.25) is 5.02 Å². The maximum Gasteiger partial charge on any atom is 0.417 e. The van der Waals surface area contributed by atoms with Crippen LogP contribution in [0.3, 0.4) is 0 Å². The molecule has 3 heterocycles. The van der Waals surface area contributed by atoms with Gasteiger partial charge in [0.05, 0.1) is 24.3 Å². The number of hydrogen-bond donors (Lipinski definition) is 1. The summed E-state index contributed by atoms with van der Waals surface area (Å²) in [6.45, 7) is 0.0167. The first kappa shape index (κ1) is 29.7. The quantitative estimate of drug-likeness (QED) is 0.285. The Labute approximate surface area is 249 Å². The van der Waals surface area contributed by atoms with Gasteiger partial charge in [0.15, 0.2) is 5.78 Å². The summed E-state index contributed by atoms with van der Waals surface area (Å²) in [7, 11) is 1.36. The zero-order valence-electron chi connectivity index (χ0n) is 22.7. The summed E-state index contributed by atoms with van der Waals surface area (Å²) in [5.74, 6) is -1.10. The summed E-state index contributed by atoms with van der Waals surface area (Å²) >= 11 is 6.17. The molecule has 0 fully saturated rings. The molecular weight excluding hydrogens is 585 g/mol. The van der Waals surface area contributed by atoms with Gasteiger partial charge in [0.1, 0.15) is 11.6 Å². The number of Topliss-reactive ketones (excluding diaryl/α,β-unsaturated/α-hetero) is 1. The molecule has 4 aromatic rings. The number of anilines is 1. The van der Waals surface area contributed by atoms with Crippen LogP contribution in [-0.4, -0.2) is 45.6 Å². The number of benzene rings is 2. The van der Waals surface area contributed by atoms with Crippen LogP contribution in [-0.2, 0) is 30.4 Å². The molecule has 220 valence electrons. The Morgan fingerprint density at radius 1 is 1.07 bits per heavy atom. The molecule has 5 rings (SSSR count). The number of amides is 2. The Bertz CT molecular complexity index is 1680. The molecule has 0 saturated carbocycles. The highest BCUT2D eigenvalue weighted by atomic mass is 35.5. The van der Waals surface area contributed by atoms with E-state index in [1.54, 1.807) is 54.7 Å². The molecule has 2 aromatic heterocycles. The highest BCUT2D eigenvalue weighted by Crippen LogP contribution is 2.30. The van der Waals surface area contributed by atoms with Crippen LogP contribution in [0.25, 0.3) is 0 Å². The second-order valence-corrected chi connectivity index (χ2v) is 10.3. The third-order valence-corrected chi connectivity index (χ3v) is 7.23. The van der Waals surface area contributed by atoms with E-state index in [0.29, 0.717) is 33.6 Å². The largest absolute Gasteiger partial charge is 0.496 e. The van der Waals surface area contributed by atoms with Gasteiger partial charge < -0.3 is 15.0 Å². The lowest BCUT2D eigenvalue weighted by molar-refractivity contribution is -0.137. The van der Waals surface area contributed by atoms with Gasteiger partial charge in [-0.15, -0.1) is 0 Å². The summed E-state index contributed by atoms with van der Waals surface area (Å²) < 4.78 is 44.0. The van der Waals surface area contributed by atoms with Gasteiger partial charge in [-0.05, 0) is 65.7 Å². The highest BCUT2D eigenvalue weighted by molar-refractivity contribution is 6.30. The van der Waals surface area contributed by atoms with Crippen LogP contribution in [0.15, 0.2) is 79.1 Å². The minimum atomic E-state index is -4.56. The van der Waals surface area contributed by atoms with Crippen molar-refractivity contribution in [2.45, 2.75) is 31.6 Å². The number of carbonyl (C=O) groups is 3. The van der Waals surface area contributed by atoms with Crippen molar-refractivity contribution in [2.24, 2.45) is 0 Å². The Morgan fingerprint density at radius 3 is 2.56 bits per heavy atom. The van der Waals surface area contributed by atoms with Crippen molar-refractivity contribution in [2.75, 3.05) is 12.4 Å². The third kappa shape index (κ3) is 6.67. The van der Waals surface area contributed by atoms with Gasteiger partial charge in [0.25, 0.3) is 11.8 Å². The first-order valence-electron chi connectivity index (χ1n) is 13.1. The van der Waals surface area contributed by atoms with E-state index < -0.39 is 23.7 Å². The van der Waals surface area contributed by atoms with E-state index in [9.17, 15) is 27.6 Å². The van der Waals surface area contributed by atoms with Gasteiger partial charge in [-0.1, -0.05) is 23.7 Å². The lowest BCUT2D eigenvalue weighted by Gasteiger charge is -2.29. The van der Waals surface area contributed by atoms with Gasteiger partial charge in [-0.3, -0.25) is 19.4 Å². The minimum absolute atomic E-state index is 0.0167. The molecule has 12 heteroatoms. The molecule has 0 spiro atoms. The number of rotatable bonds is 7. The maximum atomic E-state index is 13.9. The van der Waals surface area contributed by atoms with Crippen LogP contribution in [0.5, 0.6) is 5.75 Å². The molecule has 0 bridgehead atoms. The fourth-order valence-electron chi connectivity index (χ4n) is 4.85. The van der Waals surface area contributed by atoms with Gasteiger partial charge in [0, 0.05) is 48.1 Å². The van der Waals surface area contributed by atoms with Gasteiger partial charge in [-0.2, -0.15) is 13.2 Å². The maximum absolute atomic E-state index is 13.9. The number of methoxy groups -OCH3 is 1. The molecule has 1 aliphatic heterocycles. The van der Waals surface area contributed by atoms with Crippen molar-refractivity contribution in [3.05, 3.63) is 118 Å². The lowest BCUT2D eigenvalue weighted by atomic mass is 9.99. The molecule has 2 aromatic carbocycles. The number of nitrogens with one attached hydrogen (secondary N) is 1. The molecule has 1 aliphatic rings. The van der Waals surface area contributed by atoms with Crippen molar-refractivity contribution >= 4 is 35.0 Å². The summed E-state index contributed by atoms with van der Waals surface area (Å²) in [5.41, 5.74) is 1.28. The summed E-state index contributed by atoms with van der Waals surface area (Å²) in [6, 6.07) is 15.9. The number of halogens is 4. The zero-order valence-corrected chi connectivity index (χ0v) is 23.4. The molecule has 1 N–H and O–H groups in total. The van der Waals surface area contributed by atoms with Gasteiger partial charge in [0.2, 0.25) is 0 Å². The van der Waals surface area contributed by atoms with E-state index >= 15 is 0 Å². The van der Waals surface area contributed by atoms with E-state index in [1.165, 1.54) is 18.1 Å². The van der Waals surface area contributed by atoms with Crippen LogP contribution in [0.1, 0.15) is 43.1 Å². The van der Waals surface area contributed by atoms with Crippen molar-refractivity contribution < 1.29 is 32.3 Å². The average molecular weight is 609 g/mol. The fraction of sp³-hybridized carbons (Fsp3) is 0.194. The highest BCUT2D eigenvalue weighted by Gasteiger charge is 2.36. The minimum Gasteiger partial charge on any atom is -0.496 e. The Morgan fingerprint density at radius 2 is 1.88 bits per heavy atom. The number of pyridine rings is 2. The normalized spacial score (nSPS) is 15.1. The van der Waals surface area contributed by atoms with E-state index in [1.807, 2.05) is 0 Å². The zero-order chi connectivity index (χ0) is 30.7. The number of aromatic nitrogens is 2. The number of ketones is 1. The van der Waals surface area contributed by atoms with E-state index in [2.05, 4.69) is 15.3 Å².